The zero-order valence-electron chi connectivity index (χ0n) is 16.1. The molecule has 8 nitrogen and oxygen atoms in total. The Labute approximate surface area is 167 Å². The molecule has 0 aliphatic heterocycles. The fourth-order valence-electron chi connectivity index (χ4n) is 3.44. The highest BCUT2D eigenvalue weighted by atomic mass is 16.5. The molecular formula is C21H21N5O3. The van der Waals surface area contributed by atoms with Crippen LogP contribution in [0, 0.1) is 0 Å². The van der Waals surface area contributed by atoms with E-state index in [2.05, 4.69) is 20.5 Å². The number of amides is 1. The standard InChI is InChI=1S/C21H21N5O3/c1-28-15-5-6-16-17(10-15)22-9-8-18(16)29-12-20-25-24-19-7-2-13(11-26(19)20)21(27)23-14-3-4-14/h2,7-11,14H,3-6,12H2,1H3,(H,23,27). The Bertz CT molecular complexity index is 1120. The molecule has 0 spiro atoms. The summed E-state index contributed by atoms with van der Waals surface area (Å²) in [5.41, 5.74) is 3.20. The van der Waals surface area contributed by atoms with Crippen LogP contribution in [0.4, 0.5) is 0 Å². The third-order valence-electron chi connectivity index (χ3n) is 5.23. The van der Waals surface area contributed by atoms with E-state index in [0.717, 1.165) is 48.4 Å². The van der Waals surface area contributed by atoms with Crippen molar-refractivity contribution in [3.05, 3.63) is 59.0 Å². The number of aromatic nitrogens is 4. The minimum absolute atomic E-state index is 0.0705. The average molecular weight is 391 g/mol. The summed E-state index contributed by atoms with van der Waals surface area (Å²) in [6.45, 7) is 0.242. The molecule has 0 radical (unpaired) electrons. The SMILES string of the molecule is COC1=Cc2nccc(OCc3nnc4ccc(C(=O)NC5CC5)cn34)c2CC1. The molecule has 2 aliphatic rings. The number of allylic oxidation sites excluding steroid dienone is 1. The Morgan fingerprint density at radius 3 is 2.97 bits per heavy atom. The molecule has 1 amide bonds. The van der Waals surface area contributed by atoms with Gasteiger partial charge >= 0.3 is 0 Å². The highest BCUT2D eigenvalue weighted by Crippen LogP contribution is 2.30. The van der Waals surface area contributed by atoms with Crippen molar-refractivity contribution in [3.63, 3.8) is 0 Å². The summed E-state index contributed by atoms with van der Waals surface area (Å²) in [4.78, 5) is 16.8. The van der Waals surface area contributed by atoms with Gasteiger partial charge in [-0.15, -0.1) is 10.2 Å². The minimum atomic E-state index is -0.0705. The summed E-state index contributed by atoms with van der Waals surface area (Å²) in [5.74, 6) is 2.26. The maximum absolute atomic E-state index is 12.3. The molecule has 1 fully saturated rings. The molecule has 3 heterocycles. The zero-order valence-corrected chi connectivity index (χ0v) is 16.1. The largest absolute Gasteiger partial charge is 0.501 e. The molecule has 1 saturated carbocycles. The topological polar surface area (TPSA) is 90.6 Å². The summed E-state index contributed by atoms with van der Waals surface area (Å²) >= 11 is 0. The van der Waals surface area contributed by atoms with Gasteiger partial charge in [-0.25, -0.2) is 0 Å². The predicted octanol–water partition coefficient (Wildman–Crippen LogP) is 2.53. The number of fused-ring (bicyclic) bond motifs is 2. The lowest BCUT2D eigenvalue weighted by atomic mass is 10.00. The van der Waals surface area contributed by atoms with Crippen molar-refractivity contribution < 1.29 is 14.3 Å². The van der Waals surface area contributed by atoms with Crippen molar-refractivity contribution in [2.45, 2.75) is 38.3 Å². The van der Waals surface area contributed by atoms with E-state index in [0.29, 0.717) is 23.1 Å². The molecule has 0 aromatic carbocycles. The number of hydrogen-bond acceptors (Lipinski definition) is 6. The number of nitrogens with one attached hydrogen (secondary N) is 1. The van der Waals surface area contributed by atoms with Crippen LogP contribution >= 0.6 is 0 Å². The highest BCUT2D eigenvalue weighted by molar-refractivity contribution is 5.94. The van der Waals surface area contributed by atoms with Gasteiger partial charge in [-0.2, -0.15) is 0 Å². The molecule has 0 unspecified atom stereocenters. The maximum Gasteiger partial charge on any atom is 0.252 e. The second kappa shape index (κ2) is 7.20. The van der Waals surface area contributed by atoms with E-state index in [4.69, 9.17) is 9.47 Å². The third kappa shape index (κ3) is 3.53. The van der Waals surface area contributed by atoms with Crippen LogP contribution in [0.2, 0.25) is 0 Å². The molecule has 0 bridgehead atoms. The van der Waals surface area contributed by atoms with Crippen molar-refractivity contribution in [2.24, 2.45) is 0 Å². The summed E-state index contributed by atoms with van der Waals surface area (Å²) in [6.07, 6.45) is 9.17. The summed E-state index contributed by atoms with van der Waals surface area (Å²) in [5, 5.41) is 11.4. The molecule has 5 rings (SSSR count). The fourth-order valence-corrected chi connectivity index (χ4v) is 3.44. The lowest BCUT2D eigenvalue weighted by Gasteiger charge is -2.18. The minimum Gasteiger partial charge on any atom is -0.501 e. The first-order valence-electron chi connectivity index (χ1n) is 9.71. The Hall–Kier alpha value is -3.42. The maximum atomic E-state index is 12.3. The van der Waals surface area contributed by atoms with Gasteiger partial charge in [0.15, 0.2) is 11.5 Å². The third-order valence-corrected chi connectivity index (χ3v) is 5.23. The van der Waals surface area contributed by atoms with Crippen molar-refractivity contribution in [1.82, 2.24) is 24.9 Å². The molecule has 3 aromatic rings. The second-order valence-electron chi connectivity index (χ2n) is 7.29. The Balaban J connectivity index is 1.37. The van der Waals surface area contributed by atoms with Crippen LogP contribution in [0.1, 0.15) is 46.7 Å². The van der Waals surface area contributed by atoms with E-state index in [1.165, 1.54) is 0 Å². The number of ether oxygens (including phenoxy) is 2. The number of rotatable bonds is 6. The lowest BCUT2D eigenvalue weighted by Crippen LogP contribution is -2.25. The van der Waals surface area contributed by atoms with Gasteiger partial charge in [-0.1, -0.05) is 0 Å². The number of methoxy groups -OCH3 is 1. The normalized spacial score (nSPS) is 15.6. The van der Waals surface area contributed by atoms with Crippen molar-refractivity contribution in [1.29, 1.82) is 0 Å². The number of carbonyl (C=O) groups excluding carboxylic acids is 1. The van der Waals surface area contributed by atoms with E-state index >= 15 is 0 Å². The molecule has 1 N–H and O–H groups in total. The first kappa shape index (κ1) is 17.7. The quantitative estimate of drug-likeness (QED) is 0.694. The molecule has 148 valence electrons. The first-order chi connectivity index (χ1) is 14.2. The van der Waals surface area contributed by atoms with Gasteiger partial charge < -0.3 is 14.8 Å². The number of nitrogens with zero attached hydrogens (tertiary/aromatic N) is 4. The van der Waals surface area contributed by atoms with Crippen molar-refractivity contribution in [2.75, 3.05) is 7.11 Å². The van der Waals surface area contributed by atoms with Crippen molar-refractivity contribution >= 4 is 17.6 Å². The highest BCUT2D eigenvalue weighted by Gasteiger charge is 2.24. The van der Waals surface area contributed by atoms with Crippen molar-refractivity contribution in [3.8, 4) is 5.75 Å². The van der Waals surface area contributed by atoms with Gasteiger partial charge in [0.1, 0.15) is 12.4 Å². The van der Waals surface area contributed by atoms with Gasteiger partial charge in [0, 0.05) is 36.5 Å². The smallest absolute Gasteiger partial charge is 0.252 e. The van der Waals surface area contributed by atoms with Crippen LogP contribution in [0.25, 0.3) is 11.7 Å². The van der Waals surface area contributed by atoms with Gasteiger partial charge in [0.2, 0.25) is 0 Å². The molecule has 0 atom stereocenters. The van der Waals surface area contributed by atoms with E-state index in [-0.39, 0.29) is 12.5 Å². The summed E-state index contributed by atoms with van der Waals surface area (Å²) < 4.78 is 13.2. The fraction of sp³-hybridized carbons (Fsp3) is 0.333. The Kier molecular flexibility index (Phi) is 4.38. The van der Waals surface area contributed by atoms with Crippen LogP contribution in [-0.4, -0.2) is 38.6 Å². The molecule has 3 aromatic heterocycles. The zero-order chi connectivity index (χ0) is 19.8. The lowest BCUT2D eigenvalue weighted by molar-refractivity contribution is 0.0950. The van der Waals surface area contributed by atoms with Gasteiger partial charge in [-0.3, -0.25) is 14.2 Å². The first-order valence-corrected chi connectivity index (χ1v) is 9.71. The number of carbonyl (C=O) groups is 1. The average Bonchev–Trinajstić information content (AvgIpc) is 3.48. The van der Waals surface area contributed by atoms with Crippen LogP contribution in [0.5, 0.6) is 5.75 Å². The van der Waals surface area contributed by atoms with Gasteiger partial charge in [0.25, 0.3) is 5.91 Å². The molecular weight excluding hydrogens is 370 g/mol. The summed E-state index contributed by atoms with van der Waals surface area (Å²) in [7, 11) is 1.67. The molecule has 2 aliphatic carbocycles. The van der Waals surface area contributed by atoms with E-state index < -0.39 is 0 Å². The molecule has 29 heavy (non-hydrogen) atoms. The van der Waals surface area contributed by atoms with E-state index in [1.807, 2.05) is 12.1 Å². The van der Waals surface area contributed by atoms with Gasteiger partial charge in [0.05, 0.1) is 24.1 Å². The van der Waals surface area contributed by atoms with E-state index in [9.17, 15) is 4.79 Å². The monoisotopic (exact) mass is 391 g/mol. The Morgan fingerprint density at radius 2 is 2.14 bits per heavy atom. The van der Waals surface area contributed by atoms with Crippen LogP contribution in [0.3, 0.4) is 0 Å². The van der Waals surface area contributed by atoms with Crippen LogP contribution in [-0.2, 0) is 17.8 Å². The number of pyridine rings is 2. The van der Waals surface area contributed by atoms with Crippen LogP contribution < -0.4 is 10.1 Å². The molecule has 8 heteroatoms. The van der Waals surface area contributed by atoms with Crippen LogP contribution in [0.15, 0.2) is 36.4 Å². The summed E-state index contributed by atoms with van der Waals surface area (Å²) in [6, 6.07) is 5.74. The van der Waals surface area contributed by atoms with Gasteiger partial charge in [-0.05, 0) is 37.5 Å². The number of hydrogen-bond donors (Lipinski definition) is 1. The van der Waals surface area contributed by atoms with E-state index in [1.54, 1.807) is 36.0 Å². The predicted molar refractivity (Wildman–Crippen MR) is 105 cm³/mol. The molecule has 0 saturated heterocycles. The second-order valence-corrected chi connectivity index (χ2v) is 7.29. The Morgan fingerprint density at radius 1 is 1.24 bits per heavy atom.